The summed E-state index contributed by atoms with van der Waals surface area (Å²) in [6, 6.07) is 16.1. The lowest BCUT2D eigenvalue weighted by Gasteiger charge is -2.14. The number of alkyl halides is 3. The van der Waals surface area contributed by atoms with Crippen LogP contribution in [-0.2, 0) is 16.2 Å². The van der Waals surface area contributed by atoms with E-state index < -0.39 is 32.6 Å². The summed E-state index contributed by atoms with van der Waals surface area (Å²) < 4.78 is 66.1. The van der Waals surface area contributed by atoms with Gasteiger partial charge in [0, 0.05) is 0 Å². The minimum atomic E-state index is -4.72. The summed E-state index contributed by atoms with van der Waals surface area (Å²) in [4.78, 5) is 10.9. The first kappa shape index (κ1) is 20.4. The number of hydrogen-bond acceptors (Lipinski definition) is 3. The van der Waals surface area contributed by atoms with Crippen LogP contribution < -0.4 is 4.72 Å². The van der Waals surface area contributed by atoms with Crippen molar-refractivity contribution in [3.8, 4) is 11.1 Å². The van der Waals surface area contributed by atoms with E-state index in [4.69, 9.17) is 0 Å². The van der Waals surface area contributed by atoms with E-state index in [0.717, 1.165) is 18.2 Å². The van der Waals surface area contributed by atoms with Gasteiger partial charge in [-0.05, 0) is 41.5 Å². The Balaban J connectivity index is 2.05. The standard InChI is InChI=1S/C20H14F3NO4S/c21-20(22,23)15-7-4-8-16(12-15)29(27,28)24-18-11-14(9-10-17(18)19(25)26)13-5-2-1-3-6-13/h1-12,24H,(H,25,26). The zero-order chi connectivity index (χ0) is 21.2. The van der Waals surface area contributed by atoms with Gasteiger partial charge in [-0.15, -0.1) is 0 Å². The highest BCUT2D eigenvalue weighted by molar-refractivity contribution is 7.92. The van der Waals surface area contributed by atoms with Crippen LogP contribution >= 0.6 is 0 Å². The molecule has 150 valence electrons. The van der Waals surface area contributed by atoms with Crippen molar-refractivity contribution in [2.24, 2.45) is 0 Å². The van der Waals surface area contributed by atoms with Gasteiger partial charge in [-0.25, -0.2) is 13.2 Å². The maximum absolute atomic E-state index is 12.9. The van der Waals surface area contributed by atoms with Crippen LogP contribution in [0.2, 0.25) is 0 Å². The summed E-state index contributed by atoms with van der Waals surface area (Å²) in [5.41, 5.74) is -0.463. The molecule has 0 radical (unpaired) electrons. The molecule has 0 spiro atoms. The number of carboxylic acid groups (broad SMARTS) is 1. The van der Waals surface area contributed by atoms with Gasteiger partial charge >= 0.3 is 12.1 Å². The van der Waals surface area contributed by atoms with Crippen LogP contribution in [-0.4, -0.2) is 19.5 Å². The van der Waals surface area contributed by atoms with Gasteiger partial charge in [-0.3, -0.25) is 4.72 Å². The fourth-order valence-corrected chi connectivity index (χ4v) is 3.78. The van der Waals surface area contributed by atoms with E-state index >= 15 is 0 Å². The summed E-state index contributed by atoms with van der Waals surface area (Å²) in [6.07, 6.45) is -4.72. The summed E-state index contributed by atoms with van der Waals surface area (Å²) in [7, 11) is -4.46. The van der Waals surface area contributed by atoms with Crippen molar-refractivity contribution < 1.29 is 31.5 Å². The number of rotatable bonds is 5. The predicted octanol–water partition coefficient (Wildman–Crippen LogP) is 4.87. The summed E-state index contributed by atoms with van der Waals surface area (Å²) in [6.45, 7) is 0. The molecule has 5 nitrogen and oxygen atoms in total. The molecule has 0 atom stereocenters. The Kier molecular flexibility index (Phi) is 5.34. The van der Waals surface area contributed by atoms with Gasteiger partial charge in [0.25, 0.3) is 10.0 Å². The van der Waals surface area contributed by atoms with Crippen LogP contribution in [0.4, 0.5) is 18.9 Å². The van der Waals surface area contributed by atoms with Crippen LogP contribution in [0.1, 0.15) is 15.9 Å². The molecule has 0 saturated heterocycles. The highest BCUT2D eigenvalue weighted by Gasteiger charge is 2.32. The maximum atomic E-state index is 12.9. The fraction of sp³-hybridized carbons (Fsp3) is 0.0500. The molecule has 0 heterocycles. The first-order chi connectivity index (χ1) is 13.6. The third kappa shape index (κ3) is 4.57. The SMILES string of the molecule is O=C(O)c1ccc(-c2ccccc2)cc1NS(=O)(=O)c1cccc(C(F)(F)F)c1. The molecule has 0 saturated carbocycles. The molecule has 3 aromatic rings. The average Bonchev–Trinajstić information content (AvgIpc) is 2.67. The lowest BCUT2D eigenvalue weighted by molar-refractivity contribution is -0.137. The molecule has 0 amide bonds. The monoisotopic (exact) mass is 421 g/mol. The van der Waals surface area contributed by atoms with Crippen molar-refractivity contribution in [3.05, 3.63) is 83.9 Å². The molecule has 0 aliphatic carbocycles. The zero-order valence-corrected chi connectivity index (χ0v) is 15.5. The number of nitrogens with one attached hydrogen (secondary N) is 1. The van der Waals surface area contributed by atoms with E-state index in [-0.39, 0.29) is 11.3 Å². The first-order valence-electron chi connectivity index (χ1n) is 8.21. The summed E-state index contributed by atoms with van der Waals surface area (Å²) in [5, 5.41) is 9.36. The lowest BCUT2D eigenvalue weighted by Crippen LogP contribution is -2.16. The number of halogens is 3. The van der Waals surface area contributed by atoms with Gasteiger partial charge in [-0.1, -0.05) is 42.5 Å². The highest BCUT2D eigenvalue weighted by Crippen LogP contribution is 2.32. The molecular formula is C20H14F3NO4S. The summed E-state index contributed by atoms with van der Waals surface area (Å²) in [5.74, 6) is -1.38. The van der Waals surface area contributed by atoms with Gasteiger partial charge < -0.3 is 5.11 Å². The Labute approximate surface area is 164 Å². The molecule has 2 N–H and O–H groups in total. The van der Waals surface area contributed by atoms with E-state index in [2.05, 4.69) is 4.72 Å². The third-order valence-corrected chi connectivity index (χ3v) is 5.44. The van der Waals surface area contributed by atoms with Crippen LogP contribution in [0, 0.1) is 0 Å². The Morgan fingerprint density at radius 1 is 0.862 bits per heavy atom. The number of hydrogen-bond donors (Lipinski definition) is 2. The molecule has 0 aliphatic rings. The minimum absolute atomic E-state index is 0.253. The Morgan fingerprint density at radius 3 is 2.17 bits per heavy atom. The summed E-state index contributed by atoms with van der Waals surface area (Å²) >= 11 is 0. The second kappa shape index (κ2) is 7.59. The van der Waals surface area contributed by atoms with E-state index in [9.17, 15) is 31.5 Å². The van der Waals surface area contributed by atoms with Crippen LogP contribution in [0.15, 0.2) is 77.7 Å². The smallest absolute Gasteiger partial charge is 0.416 e. The molecular weight excluding hydrogens is 407 g/mol. The third-order valence-electron chi connectivity index (χ3n) is 4.07. The molecule has 3 aromatic carbocycles. The van der Waals surface area contributed by atoms with Crippen LogP contribution in [0.5, 0.6) is 0 Å². The second-order valence-electron chi connectivity index (χ2n) is 6.06. The zero-order valence-electron chi connectivity index (χ0n) is 14.6. The van der Waals surface area contributed by atoms with Crippen molar-refractivity contribution in [2.45, 2.75) is 11.1 Å². The van der Waals surface area contributed by atoms with E-state index in [1.54, 1.807) is 30.3 Å². The highest BCUT2D eigenvalue weighted by atomic mass is 32.2. The van der Waals surface area contributed by atoms with Crippen molar-refractivity contribution in [1.29, 1.82) is 0 Å². The number of anilines is 1. The van der Waals surface area contributed by atoms with Crippen LogP contribution in [0.3, 0.4) is 0 Å². The normalized spacial score (nSPS) is 11.8. The Bertz CT molecular complexity index is 1160. The van der Waals surface area contributed by atoms with E-state index in [1.165, 1.54) is 18.2 Å². The maximum Gasteiger partial charge on any atom is 0.416 e. The Hall–Kier alpha value is -3.33. The van der Waals surface area contributed by atoms with Crippen LogP contribution in [0.25, 0.3) is 11.1 Å². The van der Waals surface area contributed by atoms with Crippen molar-refractivity contribution >= 4 is 21.7 Å². The number of benzene rings is 3. The quantitative estimate of drug-likeness (QED) is 0.616. The molecule has 0 aliphatic heterocycles. The minimum Gasteiger partial charge on any atom is -0.478 e. The predicted molar refractivity (Wildman–Crippen MR) is 101 cm³/mol. The number of carboxylic acids is 1. The van der Waals surface area contributed by atoms with Gasteiger partial charge in [0.15, 0.2) is 0 Å². The van der Waals surface area contributed by atoms with Gasteiger partial charge in [-0.2, -0.15) is 13.2 Å². The first-order valence-corrected chi connectivity index (χ1v) is 9.69. The topological polar surface area (TPSA) is 83.5 Å². The average molecular weight is 421 g/mol. The molecule has 29 heavy (non-hydrogen) atoms. The number of aromatic carboxylic acids is 1. The molecule has 0 unspecified atom stereocenters. The molecule has 0 aromatic heterocycles. The molecule has 9 heteroatoms. The molecule has 0 bridgehead atoms. The van der Waals surface area contributed by atoms with Crippen molar-refractivity contribution in [1.82, 2.24) is 0 Å². The molecule has 0 fully saturated rings. The largest absolute Gasteiger partial charge is 0.478 e. The number of sulfonamides is 1. The Morgan fingerprint density at radius 2 is 1.55 bits per heavy atom. The van der Waals surface area contributed by atoms with Gasteiger partial charge in [0.1, 0.15) is 0 Å². The fourth-order valence-electron chi connectivity index (χ4n) is 2.67. The number of carbonyl (C=O) groups is 1. The van der Waals surface area contributed by atoms with Gasteiger partial charge in [0.2, 0.25) is 0 Å². The van der Waals surface area contributed by atoms with E-state index in [0.29, 0.717) is 17.2 Å². The second-order valence-corrected chi connectivity index (χ2v) is 7.75. The molecule has 3 rings (SSSR count). The van der Waals surface area contributed by atoms with Crippen molar-refractivity contribution in [2.75, 3.05) is 4.72 Å². The van der Waals surface area contributed by atoms with Crippen molar-refractivity contribution in [3.63, 3.8) is 0 Å². The lowest BCUT2D eigenvalue weighted by atomic mass is 10.0. The van der Waals surface area contributed by atoms with E-state index in [1.807, 2.05) is 0 Å². The van der Waals surface area contributed by atoms with Gasteiger partial charge in [0.05, 0.1) is 21.7 Å².